The van der Waals surface area contributed by atoms with Crippen molar-refractivity contribution in [1.29, 1.82) is 0 Å². The van der Waals surface area contributed by atoms with E-state index in [0.29, 0.717) is 18.3 Å². The molecule has 0 spiro atoms. The van der Waals surface area contributed by atoms with Gasteiger partial charge in [-0.25, -0.2) is 9.59 Å². The highest BCUT2D eigenvalue weighted by Gasteiger charge is 2.39. The number of aliphatic carboxylic acids is 1. The zero-order chi connectivity index (χ0) is 14.9. The minimum Gasteiger partial charge on any atom is -0.480 e. The summed E-state index contributed by atoms with van der Waals surface area (Å²) < 4.78 is 0. The van der Waals surface area contributed by atoms with Crippen LogP contribution in [0.3, 0.4) is 0 Å². The first-order valence-corrected chi connectivity index (χ1v) is 8.09. The van der Waals surface area contributed by atoms with Gasteiger partial charge in [0.2, 0.25) is 0 Å². The fourth-order valence-corrected chi connectivity index (χ4v) is 3.62. The van der Waals surface area contributed by atoms with Gasteiger partial charge in [0.1, 0.15) is 6.04 Å². The van der Waals surface area contributed by atoms with Crippen LogP contribution in [-0.4, -0.2) is 69.8 Å². The third-order valence-corrected chi connectivity index (χ3v) is 5.33. The van der Waals surface area contributed by atoms with Crippen LogP contribution in [-0.2, 0) is 4.79 Å². The molecule has 6 nitrogen and oxygen atoms in total. The molecule has 7 heteroatoms. The maximum Gasteiger partial charge on any atom is 0.327 e. The number of carboxylic acids is 1. The maximum atomic E-state index is 12.2. The Morgan fingerprint density at radius 2 is 2.15 bits per heavy atom. The fourth-order valence-electron chi connectivity index (χ4n) is 2.45. The molecule has 2 fully saturated rings. The van der Waals surface area contributed by atoms with Crippen LogP contribution >= 0.6 is 11.8 Å². The van der Waals surface area contributed by atoms with Gasteiger partial charge in [0, 0.05) is 24.4 Å². The Labute approximate surface area is 123 Å². The van der Waals surface area contributed by atoms with Crippen LogP contribution in [0.15, 0.2) is 0 Å². The van der Waals surface area contributed by atoms with Crippen molar-refractivity contribution in [2.24, 2.45) is 0 Å². The molecule has 114 valence electrons. The first kappa shape index (κ1) is 15.4. The Balaban J connectivity index is 1.85. The lowest BCUT2D eigenvalue weighted by atomic mass is 10.2. The number of likely N-dealkylation sites (N-methyl/N-ethyl adjacent to an activating group) is 1. The molecule has 3 unspecified atom stereocenters. The predicted molar refractivity (Wildman–Crippen MR) is 78.8 cm³/mol. The topological polar surface area (TPSA) is 72.9 Å². The Bertz CT molecular complexity index is 389. The lowest BCUT2D eigenvalue weighted by Crippen LogP contribution is -2.52. The highest BCUT2D eigenvalue weighted by molar-refractivity contribution is 8.00. The number of hydrogen-bond donors (Lipinski definition) is 2. The van der Waals surface area contributed by atoms with Crippen molar-refractivity contribution in [3.8, 4) is 0 Å². The summed E-state index contributed by atoms with van der Waals surface area (Å²) in [6, 6.07) is -0.0763. The zero-order valence-electron chi connectivity index (χ0n) is 12.2. The SMILES string of the molecule is CC(CNC(=O)N1C(C)SCC1C(=O)O)N(C)C1CC1. The van der Waals surface area contributed by atoms with Gasteiger partial charge >= 0.3 is 12.0 Å². The molecule has 1 aliphatic heterocycles. The fraction of sp³-hybridized carbons (Fsp3) is 0.846. The molecular formula is C13H23N3O3S. The monoisotopic (exact) mass is 301 g/mol. The average molecular weight is 301 g/mol. The highest BCUT2D eigenvalue weighted by Crippen LogP contribution is 2.29. The molecule has 2 amide bonds. The van der Waals surface area contributed by atoms with Gasteiger partial charge in [-0.05, 0) is 33.7 Å². The molecule has 0 radical (unpaired) electrons. The molecule has 20 heavy (non-hydrogen) atoms. The summed E-state index contributed by atoms with van der Waals surface area (Å²) in [5, 5.41) is 11.9. The second kappa shape index (κ2) is 6.22. The summed E-state index contributed by atoms with van der Waals surface area (Å²) in [4.78, 5) is 27.1. The van der Waals surface area contributed by atoms with Gasteiger partial charge in [0.25, 0.3) is 0 Å². The second-order valence-electron chi connectivity index (χ2n) is 5.63. The predicted octanol–water partition coefficient (Wildman–Crippen LogP) is 1.03. The van der Waals surface area contributed by atoms with E-state index in [1.165, 1.54) is 29.5 Å². The smallest absolute Gasteiger partial charge is 0.327 e. The Hall–Kier alpha value is -0.950. The molecule has 1 saturated carbocycles. The summed E-state index contributed by atoms with van der Waals surface area (Å²) in [6.07, 6.45) is 2.46. The summed E-state index contributed by atoms with van der Waals surface area (Å²) in [6.45, 7) is 4.49. The van der Waals surface area contributed by atoms with E-state index in [0.717, 1.165) is 0 Å². The molecule has 2 rings (SSSR count). The lowest BCUT2D eigenvalue weighted by molar-refractivity contribution is -0.141. The van der Waals surface area contributed by atoms with Crippen molar-refractivity contribution in [2.45, 2.75) is 50.2 Å². The van der Waals surface area contributed by atoms with Crippen LogP contribution in [0.25, 0.3) is 0 Å². The summed E-state index contributed by atoms with van der Waals surface area (Å²) >= 11 is 1.50. The van der Waals surface area contributed by atoms with E-state index in [1.807, 2.05) is 6.92 Å². The number of urea groups is 1. The van der Waals surface area contributed by atoms with Crippen LogP contribution < -0.4 is 5.32 Å². The van der Waals surface area contributed by atoms with Gasteiger partial charge in [0.05, 0.1) is 5.37 Å². The standard InChI is InChI=1S/C13H23N3O3S/c1-8(15(3)10-4-5-10)6-14-13(19)16-9(2)20-7-11(16)12(17)18/h8-11H,4-7H2,1-3H3,(H,14,19)(H,17,18). The Morgan fingerprint density at radius 1 is 1.50 bits per heavy atom. The number of nitrogens with one attached hydrogen (secondary N) is 1. The van der Waals surface area contributed by atoms with Crippen LogP contribution in [0.5, 0.6) is 0 Å². The van der Waals surface area contributed by atoms with Crippen molar-refractivity contribution < 1.29 is 14.7 Å². The van der Waals surface area contributed by atoms with Crippen LogP contribution in [0.1, 0.15) is 26.7 Å². The molecule has 0 aromatic rings. The van der Waals surface area contributed by atoms with E-state index >= 15 is 0 Å². The van der Waals surface area contributed by atoms with Gasteiger partial charge in [-0.3, -0.25) is 9.80 Å². The van der Waals surface area contributed by atoms with Crippen molar-refractivity contribution >= 4 is 23.8 Å². The number of amides is 2. The Morgan fingerprint density at radius 3 is 2.70 bits per heavy atom. The second-order valence-corrected chi connectivity index (χ2v) is 6.97. The van der Waals surface area contributed by atoms with Gasteiger partial charge in [-0.15, -0.1) is 11.8 Å². The van der Waals surface area contributed by atoms with Crippen molar-refractivity contribution in [3.05, 3.63) is 0 Å². The van der Waals surface area contributed by atoms with E-state index in [-0.39, 0.29) is 17.4 Å². The summed E-state index contributed by atoms with van der Waals surface area (Å²) in [5.74, 6) is -0.471. The molecule has 2 N–H and O–H groups in total. The molecule has 3 atom stereocenters. The highest BCUT2D eigenvalue weighted by atomic mass is 32.2. The quantitative estimate of drug-likeness (QED) is 0.793. The normalized spacial score (nSPS) is 27.7. The molecule has 1 saturated heterocycles. The van der Waals surface area contributed by atoms with Crippen molar-refractivity contribution in [1.82, 2.24) is 15.1 Å². The number of hydrogen-bond acceptors (Lipinski definition) is 4. The molecule has 2 aliphatic rings. The maximum absolute atomic E-state index is 12.2. The van der Waals surface area contributed by atoms with Crippen molar-refractivity contribution in [3.63, 3.8) is 0 Å². The minimum absolute atomic E-state index is 0.0902. The van der Waals surface area contributed by atoms with Gasteiger partial charge in [0.15, 0.2) is 0 Å². The molecule has 0 bridgehead atoms. The number of carbonyl (C=O) groups excluding carboxylic acids is 1. The van der Waals surface area contributed by atoms with E-state index in [1.54, 1.807) is 0 Å². The lowest BCUT2D eigenvalue weighted by Gasteiger charge is -2.28. The van der Waals surface area contributed by atoms with Gasteiger partial charge in [-0.1, -0.05) is 0 Å². The summed E-state index contributed by atoms with van der Waals surface area (Å²) in [5.41, 5.74) is 0. The van der Waals surface area contributed by atoms with E-state index in [9.17, 15) is 9.59 Å². The molecule has 0 aromatic heterocycles. The Kier molecular flexibility index (Phi) is 4.80. The van der Waals surface area contributed by atoms with Crippen LogP contribution in [0, 0.1) is 0 Å². The molecule has 1 aliphatic carbocycles. The number of nitrogens with zero attached hydrogens (tertiary/aromatic N) is 2. The average Bonchev–Trinajstić information content (AvgIpc) is 3.17. The van der Waals surface area contributed by atoms with Crippen LogP contribution in [0.4, 0.5) is 4.79 Å². The van der Waals surface area contributed by atoms with Crippen LogP contribution in [0.2, 0.25) is 0 Å². The third-order valence-electron chi connectivity index (χ3n) is 4.11. The van der Waals surface area contributed by atoms with E-state index in [2.05, 4.69) is 24.2 Å². The third kappa shape index (κ3) is 3.38. The van der Waals surface area contributed by atoms with E-state index in [4.69, 9.17) is 5.11 Å². The largest absolute Gasteiger partial charge is 0.480 e. The molecule has 0 aromatic carbocycles. The number of carboxylic acid groups (broad SMARTS) is 1. The minimum atomic E-state index is -0.930. The van der Waals surface area contributed by atoms with Gasteiger partial charge < -0.3 is 10.4 Å². The number of carbonyl (C=O) groups is 2. The molecular weight excluding hydrogens is 278 g/mol. The van der Waals surface area contributed by atoms with Gasteiger partial charge in [-0.2, -0.15) is 0 Å². The number of thioether (sulfide) groups is 1. The summed E-state index contributed by atoms with van der Waals surface area (Å²) in [7, 11) is 2.07. The molecule has 1 heterocycles. The first-order valence-electron chi connectivity index (χ1n) is 7.04. The number of rotatable bonds is 5. The van der Waals surface area contributed by atoms with Crippen molar-refractivity contribution in [2.75, 3.05) is 19.3 Å². The van der Waals surface area contributed by atoms with E-state index < -0.39 is 12.0 Å². The first-order chi connectivity index (χ1) is 9.41. The zero-order valence-corrected chi connectivity index (χ0v) is 13.0.